The van der Waals surface area contributed by atoms with E-state index in [2.05, 4.69) is 4.99 Å². The van der Waals surface area contributed by atoms with E-state index in [1.165, 1.54) is 24.4 Å². The third-order valence-electron chi connectivity index (χ3n) is 2.23. The minimum atomic E-state index is -1.02. The monoisotopic (exact) mass is 276 g/mol. The third kappa shape index (κ3) is 3.23. The Kier molecular flexibility index (Phi) is 3.67. The maximum absolute atomic E-state index is 10.8. The van der Waals surface area contributed by atoms with Crippen LogP contribution in [0.3, 0.4) is 0 Å². The van der Waals surface area contributed by atoms with Crippen LogP contribution in [-0.2, 0) is 0 Å². The van der Waals surface area contributed by atoms with Crippen molar-refractivity contribution in [3.8, 4) is 0 Å². The maximum atomic E-state index is 10.8. The molecule has 0 saturated heterocycles. The Morgan fingerprint density at radius 2 is 2.16 bits per heavy atom. The topological polar surface area (TPSA) is 92.8 Å². The fourth-order valence-electron chi connectivity index (χ4n) is 1.37. The molecule has 19 heavy (non-hydrogen) atoms. The second-order valence-electron chi connectivity index (χ2n) is 3.55. The van der Waals surface area contributed by atoms with Gasteiger partial charge in [0.2, 0.25) is 0 Å². The Bertz CT molecular complexity index is 663. The molecule has 0 aliphatic rings. The molecule has 96 valence electrons. The zero-order chi connectivity index (χ0) is 13.8. The third-order valence-corrected chi connectivity index (χ3v) is 3.20. The number of nitrogens with zero attached hydrogens (tertiary/aromatic N) is 2. The quantitative estimate of drug-likeness (QED) is 0.527. The molecule has 0 saturated carbocycles. The van der Waals surface area contributed by atoms with E-state index in [0.717, 1.165) is 11.3 Å². The minimum Gasteiger partial charge on any atom is -0.478 e. The van der Waals surface area contributed by atoms with E-state index in [0.29, 0.717) is 10.6 Å². The Labute approximate surface area is 111 Å². The Hall–Kier alpha value is -2.54. The summed E-state index contributed by atoms with van der Waals surface area (Å²) in [6.45, 7) is 0. The zero-order valence-corrected chi connectivity index (χ0v) is 10.3. The van der Waals surface area contributed by atoms with Crippen molar-refractivity contribution in [2.75, 3.05) is 0 Å². The van der Waals surface area contributed by atoms with Gasteiger partial charge in [0.05, 0.1) is 21.1 Å². The lowest BCUT2D eigenvalue weighted by atomic mass is 10.2. The molecule has 0 unspecified atom stereocenters. The SMILES string of the molecule is O=C(O)c1cccc(N=Cc2ccc([N+](=O)[O-])s2)c1. The number of benzene rings is 1. The van der Waals surface area contributed by atoms with E-state index in [9.17, 15) is 14.9 Å². The molecule has 0 radical (unpaired) electrons. The minimum absolute atomic E-state index is 0.0423. The molecule has 2 aromatic rings. The highest BCUT2D eigenvalue weighted by Gasteiger charge is 2.08. The molecule has 1 aromatic carbocycles. The Morgan fingerprint density at radius 3 is 2.79 bits per heavy atom. The first-order valence-corrected chi connectivity index (χ1v) is 5.99. The molecular weight excluding hydrogens is 268 g/mol. The molecule has 0 bridgehead atoms. The van der Waals surface area contributed by atoms with Gasteiger partial charge in [0.15, 0.2) is 0 Å². The highest BCUT2D eigenvalue weighted by atomic mass is 32.1. The Balaban J connectivity index is 2.19. The number of thiophene rings is 1. The first-order valence-electron chi connectivity index (χ1n) is 5.18. The lowest BCUT2D eigenvalue weighted by molar-refractivity contribution is -0.380. The van der Waals surface area contributed by atoms with E-state index in [4.69, 9.17) is 5.11 Å². The molecule has 0 aliphatic heterocycles. The van der Waals surface area contributed by atoms with Gasteiger partial charge >= 0.3 is 11.0 Å². The van der Waals surface area contributed by atoms with Crippen molar-refractivity contribution in [3.63, 3.8) is 0 Å². The standard InChI is InChI=1S/C12H8N2O4S/c15-12(16)8-2-1-3-9(6-8)13-7-10-4-5-11(19-10)14(17)18/h1-7H,(H,15,16). The van der Waals surface area contributed by atoms with Crippen LogP contribution in [0.1, 0.15) is 15.2 Å². The lowest BCUT2D eigenvalue weighted by Gasteiger charge is -1.95. The van der Waals surface area contributed by atoms with Crippen LogP contribution in [-0.4, -0.2) is 22.2 Å². The molecule has 1 N–H and O–H groups in total. The number of nitro groups is 1. The largest absolute Gasteiger partial charge is 0.478 e. The van der Waals surface area contributed by atoms with Crippen molar-refractivity contribution in [2.24, 2.45) is 4.99 Å². The van der Waals surface area contributed by atoms with Gasteiger partial charge in [0.25, 0.3) is 0 Å². The summed E-state index contributed by atoms with van der Waals surface area (Å²) in [5, 5.41) is 19.4. The molecular formula is C12H8N2O4S. The molecule has 6 nitrogen and oxygen atoms in total. The molecule has 1 aromatic heterocycles. The van der Waals surface area contributed by atoms with Crippen molar-refractivity contribution in [3.05, 3.63) is 57.0 Å². The molecule has 2 rings (SSSR count). The summed E-state index contributed by atoms with van der Waals surface area (Å²) in [5.74, 6) is -1.02. The maximum Gasteiger partial charge on any atom is 0.335 e. The fourth-order valence-corrected chi connectivity index (χ4v) is 2.06. The van der Waals surface area contributed by atoms with E-state index in [1.807, 2.05) is 0 Å². The number of hydrogen-bond donors (Lipinski definition) is 1. The van der Waals surface area contributed by atoms with E-state index < -0.39 is 10.9 Å². The van der Waals surface area contributed by atoms with Crippen LogP contribution >= 0.6 is 11.3 Å². The number of carboxylic acids is 1. The van der Waals surface area contributed by atoms with Crippen molar-refractivity contribution < 1.29 is 14.8 Å². The summed E-state index contributed by atoms with van der Waals surface area (Å²) in [6.07, 6.45) is 1.47. The Morgan fingerprint density at radius 1 is 1.37 bits per heavy atom. The summed E-state index contributed by atoms with van der Waals surface area (Å²) in [7, 11) is 0. The number of aliphatic imine (C=N–C) groups is 1. The van der Waals surface area contributed by atoms with Crippen LogP contribution < -0.4 is 0 Å². The van der Waals surface area contributed by atoms with Gasteiger partial charge in [0, 0.05) is 12.3 Å². The normalized spacial score (nSPS) is 10.7. The lowest BCUT2D eigenvalue weighted by Crippen LogP contribution is -1.94. The second kappa shape index (κ2) is 5.40. The fraction of sp³-hybridized carbons (Fsp3) is 0. The first kappa shape index (κ1) is 12.9. The van der Waals surface area contributed by atoms with Gasteiger partial charge < -0.3 is 5.11 Å². The highest BCUT2D eigenvalue weighted by Crippen LogP contribution is 2.23. The van der Waals surface area contributed by atoms with Crippen LogP contribution in [0.5, 0.6) is 0 Å². The van der Waals surface area contributed by atoms with Gasteiger partial charge in [0.1, 0.15) is 0 Å². The van der Waals surface area contributed by atoms with Crippen molar-refractivity contribution in [1.82, 2.24) is 0 Å². The van der Waals surface area contributed by atoms with E-state index in [-0.39, 0.29) is 10.6 Å². The predicted molar refractivity (Wildman–Crippen MR) is 71.6 cm³/mol. The van der Waals surface area contributed by atoms with Crippen LogP contribution in [0.15, 0.2) is 41.4 Å². The second-order valence-corrected chi connectivity index (χ2v) is 4.64. The summed E-state index contributed by atoms with van der Waals surface area (Å²) in [6, 6.07) is 9.14. The average molecular weight is 276 g/mol. The van der Waals surface area contributed by atoms with Crippen LogP contribution in [0.2, 0.25) is 0 Å². The van der Waals surface area contributed by atoms with Crippen LogP contribution in [0.25, 0.3) is 0 Å². The van der Waals surface area contributed by atoms with Gasteiger partial charge in [-0.15, -0.1) is 0 Å². The number of hydrogen-bond acceptors (Lipinski definition) is 5. The zero-order valence-electron chi connectivity index (χ0n) is 9.52. The summed E-state index contributed by atoms with van der Waals surface area (Å²) < 4.78 is 0. The smallest absolute Gasteiger partial charge is 0.335 e. The van der Waals surface area contributed by atoms with E-state index in [1.54, 1.807) is 18.2 Å². The highest BCUT2D eigenvalue weighted by molar-refractivity contribution is 7.16. The summed E-state index contributed by atoms with van der Waals surface area (Å²) >= 11 is 1.01. The molecule has 0 atom stereocenters. The number of rotatable bonds is 4. The number of carboxylic acid groups (broad SMARTS) is 1. The molecule has 0 fully saturated rings. The van der Waals surface area contributed by atoms with Gasteiger partial charge in [-0.05, 0) is 24.3 Å². The van der Waals surface area contributed by atoms with Gasteiger partial charge in [-0.2, -0.15) is 0 Å². The number of aromatic carboxylic acids is 1. The number of carbonyl (C=O) groups is 1. The van der Waals surface area contributed by atoms with Crippen LogP contribution in [0.4, 0.5) is 10.7 Å². The predicted octanol–water partition coefficient (Wildman–Crippen LogP) is 3.11. The van der Waals surface area contributed by atoms with Gasteiger partial charge in [-0.1, -0.05) is 17.4 Å². The summed E-state index contributed by atoms with van der Waals surface area (Å²) in [4.78, 5) is 25.6. The molecule has 0 spiro atoms. The molecule has 0 aliphatic carbocycles. The average Bonchev–Trinajstić information content (AvgIpc) is 2.85. The van der Waals surface area contributed by atoms with Gasteiger partial charge in [-0.25, -0.2) is 4.79 Å². The van der Waals surface area contributed by atoms with Crippen molar-refractivity contribution in [2.45, 2.75) is 0 Å². The van der Waals surface area contributed by atoms with Gasteiger partial charge in [-0.3, -0.25) is 15.1 Å². The molecule has 1 heterocycles. The first-order chi connectivity index (χ1) is 9.06. The van der Waals surface area contributed by atoms with Crippen molar-refractivity contribution >= 4 is 34.2 Å². The van der Waals surface area contributed by atoms with E-state index >= 15 is 0 Å². The molecule has 7 heteroatoms. The van der Waals surface area contributed by atoms with Crippen LogP contribution in [0, 0.1) is 10.1 Å². The van der Waals surface area contributed by atoms with Crippen molar-refractivity contribution in [1.29, 1.82) is 0 Å². The molecule has 0 amide bonds. The summed E-state index contributed by atoms with van der Waals surface area (Å²) in [5.41, 5.74) is 0.628.